The Balaban J connectivity index is 1.72. The van der Waals surface area contributed by atoms with Crippen LogP contribution in [0.4, 0.5) is 0 Å². The zero-order valence-corrected chi connectivity index (χ0v) is 24.7. The van der Waals surface area contributed by atoms with Crippen LogP contribution in [0.15, 0.2) is 34.2 Å². The van der Waals surface area contributed by atoms with Crippen molar-refractivity contribution in [3.05, 3.63) is 40.3 Å². The zero-order chi connectivity index (χ0) is 29.4. The van der Waals surface area contributed by atoms with Crippen molar-refractivity contribution in [1.82, 2.24) is 19.8 Å². The number of nitrogens with zero attached hydrogens (tertiary/aromatic N) is 4. The molecule has 2 N–H and O–H groups in total. The van der Waals surface area contributed by atoms with Crippen LogP contribution in [0.25, 0.3) is 11.0 Å². The maximum Gasteiger partial charge on any atom is 0.344 e. The highest BCUT2D eigenvalue weighted by molar-refractivity contribution is 6.44. The van der Waals surface area contributed by atoms with E-state index in [0.717, 1.165) is 38.1 Å². The highest BCUT2D eigenvalue weighted by atomic mass is 16.6. The first-order valence-corrected chi connectivity index (χ1v) is 15.2. The van der Waals surface area contributed by atoms with Crippen molar-refractivity contribution in [3.63, 3.8) is 0 Å². The predicted octanol–water partition coefficient (Wildman–Crippen LogP) is 4.50. The molecule has 0 unspecified atom stereocenters. The standard InChI is InChI=1S/C31H45N5O5/c1-4-11-22-19-24(16-17-35(22)23-13-8-6-5-7-12-21(2)18-23)36-26-15-10-9-14-25(26)33-29(31(36)40)28(30(39)32-3)34-41-20-27(37)38/h9-10,14-15,21-24H,4-8,11-13,16-20H2,1-3H3,(H,32,39)(H,37,38)/b34-28-/t21-,22-,23-,24-/m1/s1. The second kappa shape index (κ2) is 14.6. The molecule has 10 heteroatoms. The first kappa shape index (κ1) is 30.7. The van der Waals surface area contributed by atoms with E-state index in [0.29, 0.717) is 23.1 Å². The number of carbonyl (C=O) groups is 2. The van der Waals surface area contributed by atoms with E-state index >= 15 is 0 Å². The van der Waals surface area contributed by atoms with Gasteiger partial charge in [-0.3, -0.25) is 14.5 Å². The number of likely N-dealkylation sites (N-methyl/N-ethyl adjacent to an activating group) is 1. The molecule has 2 aromatic rings. The average Bonchev–Trinajstić information content (AvgIpc) is 3.06. The van der Waals surface area contributed by atoms with Crippen LogP contribution in [0.2, 0.25) is 0 Å². The molecule has 1 aliphatic heterocycles. The average molecular weight is 568 g/mol. The number of carbonyl (C=O) groups excluding carboxylic acids is 1. The molecule has 224 valence electrons. The summed E-state index contributed by atoms with van der Waals surface area (Å²) in [6.07, 6.45) is 12.8. The monoisotopic (exact) mass is 567 g/mol. The van der Waals surface area contributed by atoms with Gasteiger partial charge in [0.25, 0.3) is 11.5 Å². The van der Waals surface area contributed by atoms with E-state index in [1.54, 1.807) is 4.57 Å². The Kier molecular flexibility index (Phi) is 10.9. The van der Waals surface area contributed by atoms with E-state index in [2.05, 4.69) is 34.2 Å². The van der Waals surface area contributed by atoms with Gasteiger partial charge in [0.05, 0.1) is 11.0 Å². The number of carboxylic acid groups (broad SMARTS) is 1. The summed E-state index contributed by atoms with van der Waals surface area (Å²) in [5, 5.41) is 15.2. The lowest BCUT2D eigenvalue weighted by Gasteiger charge is -2.45. The molecule has 2 aliphatic rings. The number of benzene rings is 1. The number of oxime groups is 1. The van der Waals surface area contributed by atoms with Crippen LogP contribution in [0.5, 0.6) is 0 Å². The number of fused-ring (bicyclic) bond motifs is 1. The molecule has 0 spiro atoms. The van der Waals surface area contributed by atoms with E-state index in [1.165, 1.54) is 52.0 Å². The number of amides is 1. The molecule has 1 aliphatic carbocycles. The van der Waals surface area contributed by atoms with Gasteiger partial charge in [-0.05, 0) is 50.2 Å². The summed E-state index contributed by atoms with van der Waals surface area (Å²) >= 11 is 0. The van der Waals surface area contributed by atoms with E-state index in [-0.39, 0.29) is 17.4 Å². The van der Waals surface area contributed by atoms with Gasteiger partial charge in [0.2, 0.25) is 6.61 Å². The first-order valence-electron chi connectivity index (χ1n) is 15.2. The van der Waals surface area contributed by atoms with Gasteiger partial charge < -0.3 is 19.8 Å². The minimum atomic E-state index is -1.24. The Labute approximate surface area is 242 Å². The van der Waals surface area contributed by atoms with Crippen molar-refractivity contribution in [2.24, 2.45) is 11.1 Å². The summed E-state index contributed by atoms with van der Waals surface area (Å²) in [4.78, 5) is 50.0. The van der Waals surface area contributed by atoms with Crippen molar-refractivity contribution in [2.75, 3.05) is 20.2 Å². The highest BCUT2D eigenvalue weighted by Crippen LogP contribution is 2.35. The third-order valence-electron chi connectivity index (χ3n) is 8.65. The fourth-order valence-electron chi connectivity index (χ4n) is 6.74. The van der Waals surface area contributed by atoms with E-state index in [9.17, 15) is 14.4 Å². The molecule has 1 amide bonds. The molecule has 1 aromatic heterocycles. The lowest BCUT2D eigenvalue weighted by atomic mass is 9.88. The Morgan fingerprint density at radius 2 is 1.85 bits per heavy atom. The Morgan fingerprint density at radius 1 is 1.10 bits per heavy atom. The number of nitrogens with one attached hydrogen (secondary N) is 1. The minimum Gasteiger partial charge on any atom is -0.479 e. The van der Waals surface area contributed by atoms with E-state index in [1.807, 2.05) is 24.3 Å². The van der Waals surface area contributed by atoms with Crippen LogP contribution in [-0.2, 0) is 14.4 Å². The van der Waals surface area contributed by atoms with Gasteiger partial charge >= 0.3 is 5.97 Å². The van der Waals surface area contributed by atoms with Crippen LogP contribution in [0.1, 0.15) is 96.2 Å². The molecule has 4 atom stereocenters. The molecule has 10 nitrogen and oxygen atoms in total. The third-order valence-corrected chi connectivity index (χ3v) is 8.65. The summed E-state index contributed by atoms with van der Waals surface area (Å²) in [6.45, 7) is 4.81. The van der Waals surface area contributed by atoms with Gasteiger partial charge in [-0.25, -0.2) is 9.78 Å². The molecule has 4 rings (SSSR count). The molecule has 2 fully saturated rings. The van der Waals surface area contributed by atoms with Gasteiger partial charge in [-0.1, -0.05) is 69.7 Å². The number of hydrogen-bond acceptors (Lipinski definition) is 7. The van der Waals surface area contributed by atoms with Gasteiger partial charge in [-0.15, -0.1) is 0 Å². The third kappa shape index (κ3) is 7.52. The summed E-state index contributed by atoms with van der Waals surface area (Å²) in [5.41, 5.74) is 0.383. The second-order valence-corrected chi connectivity index (χ2v) is 11.7. The number of aromatic nitrogens is 2. The SMILES string of the molecule is CCC[C@@H]1C[C@H](n2c(=O)c(/C(=N/OCC(=O)O)C(=O)NC)nc3ccccc32)CCN1[C@@H]1CCCCCC[C@@H](C)C1. The molecule has 0 bridgehead atoms. The molecular weight excluding hydrogens is 522 g/mol. The maximum absolute atomic E-state index is 14.1. The Hall–Kier alpha value is -3.27. The van der Waals surface area contributed by atoms with Crippen LogP contribution in [-0.4, -0.2) is 69.4 Å². The molecule has 0 radical (unpaired) electrons. The largest absolute Gasteiger partial charge is 0.479 e. The van der Waals surface area contributed by atoms with Gasteiger partial charge in [0.15, 0.2) is 11.4 Å². The van der Waals surface area contributed by atoms with Crippen molar-refractivity contribution in [3.8, 4) is 0 Å². The predicted molar refractivity (Wildman–Crippen MR) is 159 cm³/mol. The smallest absolute Gasteiger partial charge is 0.344 e. The van der Waals surface area contributed by atoms with Crippen LogP contribution < -0.4 is 10.9 Å². The normalized spacial score (nSPS) is 24.7. The quantitative estimate of drug-likeness (QED) is 0.337. The van der Waals surface area contributed by atoms with Crippen LogP contribution in [0, 0.1) is 5.92 Å². The van der Waals surface area contributed by atoms with E-state index < -0.39 is 24.0 Å². The molecular formula is C31H45N5O5. The molecule has 1 saturated carbocycles. The summed E-state index contributed by atoms with van der Waals surface area (Å²) < 4.78 is 1.79. The van der Waals surface area contributed by atoms with Gasteiger partial charge in [0.1, 0.15) is 0 Å². The van der Waals surface area contributed by atoms with Crippen molar-refractivity contribution in [2.45, 2.75) is 103 Å². The molecule has 2 heterocycles. The molecule has 1 saturated heterocycles. The summed E-state index contributed by atoms with van der Waals surface area (Å²) in [6, 6.07) is 8.30. The number of carboxylic acids is 1. The fourth-order valence-corrected chi connectivity index (χ4v) is 6.74. The van der Waals surface area contributed by atoms with Crippen LogP contribution in [0.3, 0.4) is 0 Å². The lowest BCUT2D eigenvalue weighted by molar-refractivity contribution is -0.142. The highest BCUT2D eigenvalue weighted by Gasteiger charge is 2.35. The minimum absolute atomic E-state index is 0.0680. The number of aliphatic carboxylic acids is 1. The first-order chi connectivity index (χ1) is 19.8. The zero-order valence-electron chi connectivity index (χ0n) is 24.7. The van der Waals surface area contributed by atoms with Crippen molar-refractivity contribution < 1.29 is 19.5 Å². The number of likely N-dealkylation sites (tertiary alicyclic amines) is 1. The molecule has 1 aromatic carbocycles. The van der Waals surface area contributed by atoms with Crippen LogP contribution >= 0.6 is 0 Å². The Bertz CT molecular complexity index is 1290. The maximum atomic E-state index is 14.1. The van der Waals surface area contributed by atoms with Crippen molar-refractivity contribution >= 4 is 28.6 Å². The lowest BCUT2D eigenvalue weighted by Crippen LogP contribution is -2.50. The van der Waals surface area contributed by atoms with Gasteiger partial charge in [-0.2, -0.15) is 0 Å². The second-order valence-electron chi connectivity index (χ2n) is 11.7. The van der Waals surface area contributed by atoms with Crippen molar-refractivity contribution in [1.29, 1.82) is 0 Å². The number of piperidine rings is 1. The number of para-hydroxylation sites is 2. The number of hydrogen-bond donors (Lipinski definition) is 2. The van der Waals surface area contributed by atoms with E-state index in [4.69, 9.17) is 9.94 Å². The Morgan fingerprint density at radius 3 is 2.59 bits per heavy atom. The molecule has 41 heavy (non-hydrogen) atoms. The summed E-state index contributed by atoms with van der Waals surface area (Å²) in [7, 11) is 1.41. The van der Waals surface area contributed by atoms with Gasteiger partial charge in [0, 0.05) is 31.7 Å². The topological polar surface area (TPSA) is 126 Å². The number of rotatable bonds is 9. The summed E-state index contributed by atoms with van der Waals surface area (Å²) in [5.74, 6) is -1.19. The fraction of sp³-hybridized carbons (Fsp3) is 0.645.